The molecule has 0 aromatic heterocycles. The van der Waals surface area contributed by atoms with Crippen molar-refractivity contribution in [2.45, 2.75) is 101 Å². The van der Waals surface area contributed by atoms with Crippen molar-refractivity contribution in [2.75, 3.05) is 0 Å². The summed E-state index contributed by atoms with van der Waals surface area (Å²) in [4.78, 5) is 0. The Labute approximate surface area is 319 Å². The summed E-state index contributed by atoms with van der Waals surface area (Å²) in [6.45, 7) is 29.3. The van der Waals surface area contributed by atoms with E-state index in [2.05, 4.69) is 181 Å². The fourth-order valence-corrected chi connectivity index (χ4v) is 6.81. The minimum atomic E-state index is 0. The molecule has 0 spiro atoms. The molecule has 0 saturated heterocycles. The molecular formula is C45H54Cl2Zr-2. The maximum atomic E-state index is 3.26. The van der Waals surface area contributed by atoms with E-state index in [1.807, 2.05) is 0 Å². The van der Waals surface area contributed by atoms with Crippen LogP contribution in [0.3, 0.4) is 0 Å². The summed E-state index contributed by atoms with van der Waals surface area (Å²) in [6, 6.07) is 27.1. The van der Waals surface area contributed by atoms with Gasteiger partial charge in [0.15, 0.2) is 0 Å². The van der Waals surface area contributed by atoms with Crippen LogP contribution < -0.4 is 24.8 Å². The van der Waals surface area contributed by atoms with Gasteiger partial charge in [-0.05, 0) is 24.7 Å². The molecule has 48 heavy (non-hydrogen) atoms. The topological polar surface area (TPSA) is 0 Å². The molecule has 5 aromatic carbocycles. The average molecular weight is 757 g/mol. The second-order valence-electron chi connectivity index (χ2n) is 16.3. The van der Waals surface area contributed by atoms with Crippen molar-refractivity contribution in [3.05, 3.63) is 124 Å². The van der Waals surface area contributed by atoms with Crippen molar-refractivity contribution in [3.63, 3.8) is 0 Å². The SMILES string of the molecule is CC1[C-]=CC(C(C)(C)C)=C1.C[C](=[Zr+2])c1ccc2ccccc2c1.Cc1cc2[cH-]c3cc(C)c(C(C)(C)C)cc3c2cc1C(C)(C)C.[Cl-].[Cl-]. The quantitative estimate of drug-likeness (QED) is 0.165. The molecule has 254 valence electrons. The molecule has 6 rings (SSSR count). The van der Waals surface area contributed by atoms with Gasteiger partial charge in [-0.25, -0.2) is 6.08 Å². The van der Waals surface area contributed by atoms with Gasteiger partial charge in [-0.3, -0.25) is 6.08 Å². The van der Waals surface area contributed by atoms with E-state index < -0.39 is 0 Å². The first-order valence-electron chi connectivity index (χ1n) is 16.8. The fraction of sp³-hybridized carbons (Fsp3) is 0.378. The number of halogens is 2. The van der Waals surface area contributed by atoms with Crippen molar-refractivity contribution in [1.29, 1.82) is 0 Å². The maximum absolute atomic E-state index is 3.26. The third kappa shape index (κ3) is 10.2. The summed E-state index contributed by atoms with van der Waals surface area (Å²) in [5.74, 6) is 0.522. The summed E-state index contributed by atoms with van der Waals surface area (Å²) in [7, 11) is 0. The first-order chi connectivity index (χ1) is 21.3. The van der Waals surface area contributed by atoms with Crippen LogP contribution >= 0.6 is 0 Å². The Hall–Kier alpha value is -2.18. The third-order valence-corrected chi connectivity index (χ3v) is 9.70. The van der Waals surface area contributed by atoms with Crippen LogP contribution in [0.4, 0.5) is 0 Å². The maximum Gasteiger partial charge on any atom is -0.0142 e. The Balaban J connectivity index is 0.000000272. The average Bonchev–Trinajstić information content (AvgIpc) is 3.54. The van der Waals surface area contributed by atoms with E-state index in [0.717, 1.165) is 0 Å². The molecule has 0 amide bonds. The van der Waals surface area contributed by atoms with Crippen LogP contribution in [0.2, 0.25) is 0 Å². The van der Waals surface area contributed by atoms with Crippen molar-refractivity contribution in [2.24, 2.45) is 11.3 Å². The number of fused-ring (bicyclic) bond motifs is 4. The minimum absolute atomic E-state index is 0. The van der Waals surface area contributed by atoms with Gasteiger partial charge < -0.3 is 24.8 Å². The summed E-state index contributed by atoms with van der Waals surface area (Å²) < 4.78 is 1.46. The van der Waals surface area contributed by atoms with Crippen molar-refractivity contribution >= 4 is 35.5 Å². The smallest absolute Gasteiger partial charge is 0.0142 e. The standard InChI is InChI=1S/C23H29.C12H10.C10H15.2ClH.Zr/c1-14-9-16-11-17-10-15(2)21(23(6,7)8)13-19(17)18(16)12-20(14)22(3,4)5;1-2-10-7-8-11-5-3-4-6-12(11)9-10;1-8-5-6-9(7-8)10(2,3)4;;;/h9-13H,1-8H3;3-9H,1H3;6-8H,1-4H3;2*1H;/q-1;;-1;;;+2/p-2. The van der Waals surface area contributed by atoms with E-state index in [0.29, 0.717) is 11.3 Å². The van der Waals surface area contributed by atoms with E-state index in [-0.39, 0.29) is 35.6 Å². The Morgan fingerprint density at radius 3 is 1.52 bits per heavy atom. The number of rotatable bonds is 1. The van der Waals surface area contributed by atoms with Crippen molar-refractivity contribution in [1.82, 2.24) is 0 Å². The Bertz CT molecular complexity index is 1870. The first kappa shape index (κ1) is 42.0. The van der Waals surface area contributed by atoms with Crippen LogP contribution in [0, 0.1) is 31.3 Å². The number of aryl methyl sites for hydroxylation is 2. The molecule has 0 heterocycles. The van der Waals surface area contributed by atoms with Crippen molar-refractivity contribution in [3.8, 4) is 0 Å². The van der Waals surface area contributed by atoms with Crippen LogP contribution in [-0.2, 0) is 35.1 Å². The van der Waals surface area contributed by atoms with Crippen LogP contribution in [0.5, 0.6) is 0 Å². The summed E-state index contributed by atoms with van der Waals surface area (Å²) in [5, 5.41) is 8.21. The largest absolute Gasteiger partial charge is 1.00 e. The van der Waals surface area contributed by atoms with Gasteiger partial charge in [-0.2, -0.15) is 11.6 Å². The molecule has 0 bridgehead atoms. The second-order valence-corrected chi connectivity index (χ2v) is 18.2. The molecule has 0 fully saturated rings. The van der Waals surface area contributed by atoms with Crippen LogP contribution in [0.15, 0.2) is 90.5 Å². The molecule has 0 N–H and O–H groups in total. The zero-order valence-electron chi connectivity index (χ0n) is 31.4. The number of hydrogen-bond donors (Lipinski definition) is 0. The van der Waals surface area contributed by atoms with Gasteiger partial charge in [-0.15, -0.1) is 39.7 Å². The molecule has 5 aromatic rings. The molecular weight excluding hydrogens is 703 g/mol. The molecule has 0 nitrogen and oxygen atoms in total. The number of benzene rings is 4. The summed E-state index contributed by atoms with van der Waals surface area (Å²) in [5.41, 5.74) is 9.15. The Morgan fingerprint density at radius 1 is 0.667 bits per heavy atom. The number of hydrogen-bond acceptors (Lipinski definition) is 0. The molecule has 1 unspecified atom stereocenters. The summed E-state index contributed by atoms with van der Waals surface area (Å²) in [6.07, 6.45) is 7.65. The van der Waals surface area contributed by atoms with Gasteiger partial charge in [0.1, 0.15) is 0 Å². The van der Waals surface area contributed by atoms with E-state index in [4.69, 9.17) is 0 Å². The predicted molar refractivity (Wildman–Crippen MR) is 202 cm³/mol. The molecule has 1 atom stereocenters. The fourth-order valence-electron chi connectivity index (χ4n) is 6.43. The Morgan fingerprint density at radius 2 is 1.15 bits per heavy atom. The predicted octanol–water partition coefficient (Wildman–Crippen LogP) is 6.83. The van der Waals surface area contributed by atoms with Gasteiger partial charge in [0.2, 0.25) is 0 Å². The van der Waals surface area contributed by atoms with Gasteiger partial charge >= 0.3 is 93.2 Å². The van der Waals surface area contributed by atoms with E-state index in [9.17, 15) is 0 Å². The molecule has 0 aliphatic heterocycles. The van der Waals surface area contributed by atoms with Crippen LogP contribution in [0.1, 0.15) is 104 Å². The van der Waals surface area contributed by atoms with E-state index in [1.54, 1.807) is 0 Å². The van der Waals surface area contributed by atoms with E-state index >= 15 is 0 Å². The molecule has 1 aliphatic carbocycles. The monoisotopic (exact) mass is 754 g/mol. The van der Waals surface area contributed by atoms with Crippen molar-refractivity contribution < 1.29 is 49.0 Å². The van der Waals surface area contributed by atoms with Gasteiger partial charge in [0.25, 0.3) is 0 Å². The molecule has 0 radical (unpaired) electrons. The minimum Gasteiger partial charge on any atom is -1.00 e. The number of allylic oxidation sites excluding steroid dienone is 4. The molecule has 1 aliphatic rings. The van der Waals surface area contributed by atoms with Gasteiger partial charge in [-0.1, -0.05) is 115 Å². The zero-order valence-corrected chi connectivity index (χ0v) is 35.4. The van der Waals surface area contributed by atoms with Crippen LogP contribution in [-0.4, -0.2) is 3.21 Å². The third-order valence-electron chi connectivity index (χ3n) is 8.99. The van der Waals surface area contributed by atoms with Crippen LogP contribution in [0.25, 0.3) is 32.3 Å². The second kappa shape index (κ2) is 16.2. The molecule has 0 saturated carbocycles. The summed E-state index contributed by atoms with van der Waals surface area (Å²) >= 11 is 1.50. The van der Waals surface area contributed by atoms with Gasteiger partial charge in [0, 0.05) is 0 Å². The van der Waals surface area contributed by atoms with E-state index in [1.165, 1.54) is 93.1 Å². The molecule has 3 heteroatoms. The normalized spacial score (nSPS) is 14.4. The Kier molecular flexibility index (Phi) is 14.2. The first-order valence-corrected chi connectivity index (χ1v) is 18.0. The zero-order chi connectivity index (χ0) is 34.2. The van der Waals surface area contributed by atoms with Gasteiger partial charge in [0.05, 0.1) is 0 Å².